The molecule has 22 heavy (non-hydrogen) atoms. The van der Waals surface area contributed by atoms with E-state index >= 15 is 0 Å². The van der Waals surface area contributed by atoms with E-state index in [2.05, 4.69) is 24.0 Å². The van der Waals surface area contributed by atoms with Crippen LogP contribution in [-0.4, -0.2) is 22.9 Å². The smallest absolute Gasteiger partial charge is 0.269 e. The summed E-state index contributed by atoms with van der Waals surface area (Å²) in [6.45, 7) is 4.08. The van der Waals surface area contributed by atoms with Gasteiger partial charge in [-0.1, -0.05) is 49.4 Å². The SMILES string of the molecule is CCN(Cc1ccccc1)C(CN)c1cccc([N+](=O)[O-])c1. The average molecular weight is 299 g/mol. The molecule has 0 spiro atoms. The maximum Gasteiger partial charge on any atom is 0.269 e. The molecule has 0 aliphatic heterocycles. The number of likely N-dealkylation sites (N-methyl/N-ethyl adjacent to an activating group) is 1. The average Bonchev–Trinajstić information content (AvgIpc) is 2.55. The molecule has 0 aliphatic carbocycles. The highest BCUT2D eigenvalue weighted by molar-refractivity contribution is 5.36. The first kappa shape index (κ1) is 16.1. The highest BCUT2D eigenvalue weighted by Gasteiger charge is 2.20. The minimum atomic E-state index is -0.370. The zero-order chi connectivity index (χ0) is 15.9. The second-order valence-electron chi connectivity index (χ2n) is 5.15. The maximum atomic E-state index is 11.0. The summed E-state index contributed by atoms with van der Waals surface area (Å²) in [4.78, 5) is 12.8. The van der Waals surface area contributed by atoms with E-state index in [9.17, 15) is 10.1 Å². The lowest BCUT2D eigenvalue weighted by Crippen LogP contribution is -2.33. The third kappa shape index (κ3) is 3.90. The normalized spacial score (nSPS) is 12.3. The van der Waals surface area contributed by atoms with Crippen LogP contribution in [0.15, 0.2) is 54.6 Å². The Morgan fingerprint density at radius 2 is 1.91 bits per heavy atom. The largest absolute Gasteiger partial charge is 0.329 e. The van der Waals surface area contributed by atoms with Gasteiger partial charge < -0.3 is 5.73 Å². The Labute approximate surface area is 130 Å². The molecule has 5 nitrogen and oxygen atoms in total. The van der Waals surface area contributed by atoms with Gasteiger partial charge >= 0.3 is 0 Å². The maximum absolute atomic E-state index is 11.0. The summed E-state index contributed by atoms with van der Waals surface area (Å²) in [6, 6.07) is 16.8. The van der Waals surface area contributed by atoms with Crippen LogP contribution in [-0.2, 0) is 6.54 Å². The summed E-state index contributed by atoms with van der Waals surface area (Å²) >= 11 is 0. The van der Waals surface area contributed by atoms with Crippen LogP contribution in [0.5, 0.6) is 0 Å². The van der Waals surface area contributed by atoms with Crippen LogP contribution in [0.2, 0.25) is 0 Å². The highest BCUT2D eigenvalue weighted by Crippen LogP contribution is 2.25. The van der Waals surface area contributed by atoms with Crippen molar-refractivity contribution in [2.75, 3.05) is 13.1 Å². The molecule has 0 radical (unpaired) electrons. The Bertz CT molecular complexity index is 616. The van der Waals surface area contributed by atoms with Gasteiger partial charge in [-0.15, -0.1) is 0 Å². The number of nitrogens with two attached hydrogens (primary N) is 1. The topological polar surface area (TPSA) is 72.4 Å². The van der Waals surface area contributed by atoms with Crippen LogP contribution >= 0.6 is 0 Å². The van der Waals surface area contributed by atoms with E-state index in [0.717, 1.165) is 18.7 Å². The molecule has 0 aromatic heterocycles. The lowest BCUT2D eigenvalue weighted by molar-refractivity contribution is -0.385. The molecule has 0 fully saturated rings. The van der Waals surface area contributed by atoms with Crippen LogP contribution in [0.1, 0.15) is 24.1 Å². The van der Waals surface area contributed by atoms with Crippen molar-refractivity contribution in [2.45, 2.75) is 19.5 Å². The van der Waals surface area contributed by atoms with Crippen molar-refractivity contribution in [2.24, 2.45) is 5.73 Å². The fraction of sp³-hybridized carbons (Fsp3) is 0.294. The van der Waals surface area contributed by atoms with Gasteiger partial charge in [0, 0.05) is 31.3 Å². The number of rotatable bonds is 7. The number of nitrogens with zero attached hydrogens (tertiary/aromatic N) is 2. The van der Waals surface area contributed by atoms with E-state index in [1.807, 2.05) is 24.3 Å². The van der Waals surface area contributed by atoms with Gasteiger partial charge in [-0.05, 0) is 17.7 Å². The molecule has 2 N–H and O–H groups in total. The summed E-state index contributed by atoms with van der Waals surface area (Å²) in [6.07, 6.45) is 0. The number of nitro groups is 1. The second-order valence-corrected chi connectivity index (χ2v) is 5.15. The Morgan fingerprint density at radius 3 is 2.50 bits per heavy atom. The number of benzene rings is 2. The van der Waals surface area contributed by atoms with Crippen molar-refractivity contribution in [1.82, 2.24) is 4.90 Å². The molecule has 116 valence electrons. The number of hydrogen-bond acceptors (Lipinski definition) is 4. The molecule has 0 amide bonds. The first-order chi connectivity index (χ1) is 10.7. The van der Waals surface area contributed by atoms with E-state index in [4.69, 9.17) is 5.73 Å². The van der Waals surface area contributed by atoms with E-state index in [1.54, 1.807) is 12.1 Å². The van der Waals surface area contributed by atoms with Gasteiger partial charge in [-0.25, -0.2) is 0 Å². The fourth-order valence-electron chi connectivity index (χ4n) is 2.60. The molecule has 5 heteroatoms. The number of nitro benzene ring substituents is 1. The van der Waals surface area contributed by atoms with Crippen molar-refractivity contribution >= 4 is 5.69 Å². The Balaban J connectivity index is 2.24. The first-order valence-electron chi connectivity index (χ1n) is 7.38. The van der Waals surface area contributed by atoms with Gasteiger partial charge in [0.1, 0.15) is 0 Å². The molecule has 2 aromatic rings. The number of hydrogen-bond donors (Lipinski definition) is 1. The molecule has 0 saturated carbocycles. The zero-order valence-corrected chi connectivity index (χ0v) is 12.7. The molecular weight excluding hydrogens is 278 g/mol. The van der Waals surface area contributed by atoms with Crippen molar-refractivity contribution in [3.63, 3.8) is 0 Å². The fourth-order valence-corrected chi connectivity index (χ4v) is 2.60. The molecular formula is C17H21N3O2. The predicted molar refractivity (Wildman–Crippen MR) is 87.4 cm³/mol. The molecule has 0 aliphatic rings. The Hall–Kier alpha value is -2.24. The van der Waals surface area contributed by atoms with E-state index < -0.39 is 0 Å². The predicted octanol–water partition coefficient (Wildman–Crippen LogP) is 3.12. The minimum absolute atomic E-state index is 0.0369. The zero-order valence-electron chi connectivity index (χ0n) is 12.7. The summed E-state index contributed by atoms with van der Waals surface area (Å²) in [5.41, 5.74) is 8.14. The van der Waals surface area contributed by atoms with Gasteiger partial charge in [-0.2, -0.15) is 0 Å². The molecule has 0 heterocycles. The van der Waals surface area contributed by atoms with Crippen LogP contribution < -0.4 is 5.73 Å². The van der Waals surface area contributed by atoms with Gasteiger partial charge in [0.25, 0.3) is 5.69 Å². The van der Waals surface area contributed by atoms with Crippen LogP contribution in [0, 0.1) is 10.1 Å². The van der Waals surface area contributed by atoms with Crippen LogP contribution in [0.25, 0.3) is 0 Å². The third-order valence-corrected chi connectivity index (χ3v) is 3.76. The van der Waals surface area contributed by atoms with Crippen molar-refractivity contribution in [3.8, 4) is 0 Å². The molecule has 0 bridgehead atoms. The Morgan fingerprint density at radius 1 is 1.18 bits per heavy atom. The van der Waals surface area contributed by atoms with Crippen molar-refractivity contribution in [1.29, 1.82) is 0 Å². The summed E-state index contributed by atoms with van der Waals surface area (Å²) in [7, 11) is 0. The van der Waals surface area contributed by atoms with Crippen LogP contribution in [0.3, 0.4) is 0 Å². The summed E-state index contributed by atoms with van der Waals surface area (Å²) < 4.78 is 0. The minimum Gasteiger partial charge on any atom is -0.329 e. The standard InChI is InChI=1S/C17H21N3O2/c1-2-19(13-14-7-4-3-5-8-14)17(12-18)15-9-6-10-16(11-15)20(21)22/h3-11,17H,2,12-13,18H2,1H3. The Kier molecular flexibility index (Phi) is 5.63. The molecule has 1 unspecified atom stereocenters. The quantitative estimate of drug-likeness (QED) is 0.630. The van der Waals surface area contributed by atoms with Gasteiger partial charge in [0.2, 0.25) is 0 Å². The summed E-state index contributed by atoms with van der Waals surface area (Å²) in [5.74, 6) is 0. The molecule has 2 aromatic carbocycles. The van der Waals surface area contributed by atoms with Crippen LogP contribution in [0.4, 0.5) is 5.69 Å². The lowest BCUT2D eigenvalue weighted by atomic mass is 10.0. The van der Waals surface area contributed by atoms with Gasteiger partial charge in [-0.3, -0.25) is 15.0 Å². The van der Waals surface area contributed by atoms with Crippen molar-refractivity contribution in [3.05, 3.63) is 75.8 Å². The van der Waals surface area contributed by atoms with E-state index in [0.29, 0.717) is 6.54 Å². The third-order valence-electron chi connectivity index (χ3n) is 3.76. The molecule has 0 saturated heterocycles. The number of non-ortho nitro benzene ring substituents is 1. The molecule has 2 rings (SSSR count). The van der Waals surface area contributed by atoms with Gasteiger partial charge in [0.15, 0.2) is 0 Å². The summed E-state index contributed by atoms with van der Waals surface area (Å²) in [5, 5.41) is 11.0. The highest BCUT2D eigenvalue weighted by atomic mass is 16.6. The van der Waals surface area contributed by atoms with E-state index in [1.165, 1.54) is 11.6 Å². The first-order valence-corrected chi connectivity index (χ1v) is 7.38. The second kappa shape index (κ2) is 7.68. The van der Waals surface area contributed by atoms with Gasteiger partial charge in [0.05, 0.1) is 4.92 Å². The van der Waals surface area contributed by atoms with E-state index in [-0.39, 0.29) is 16.7 Å². The monoisotopic (exact) mass is 299 g/mol. The molecule has 1 atom stereocenters. The van der Waals surface area contributed by atoms with Crippen molar-refractivity contribution < 1.29 is 4.92 Å². The lowest BCUT2D eigenvalue weighted by Gasteiger charge is -2.30.